The van der Waals surface area contributed by atoms with E-state index >= 15 is 0 Å². The molecule has 180 valence electrons. The molecule has 0 saturated carbocycles. The summed E-state index contributed by atoms with van der Waals surface area (Å²) in [6.45, 7) is 2.64. The van der Waals surface area contributed by atoms with Crippen molar-refractivity contribution in [2.24, 2.45) is 4.99 Å². The molecule has 2 aromatic carbocycles. The molecule has 1 aliphatic rings. The Morgan fingerprint density at radius 1 is 1.12 bits per heavy atom. The Morgan fingerprint density at radius 2 is 1.85 bits per heavy atom. The number of carbonyl (C=O) groups is 1. The van der Waals surface area contributed by atoms with Crippen molar-refractivity contribution in [3.8, 4) is 0 Å². The standard InChI is InChI=1S/C25H33FN4O2.HI/c1-27-24(28-13-10-19-6-4-7-20(16-19)23(31)30(2)3)29-18-25(11-14-32-15-12-25)21-8-5-9-22(26)17-21;/h4-9,16-17H,10-15,18H2,1-3H3,(H2,27,28,29);1H. The zero-order valence-corrected chi connectivity index (χ0v) is 21.9. The van der Waals surface area contributed by atoms with Crippen LogP contribution in [0.15, 0.2) is 53.5 Å². The molecule has 1 amide bonds. The molecule has 0 radical (unpaired) electrons. The summed E-state index contributed by atoms with van der Waals surface area (Å²) in [5, 5.41) is 6.78. The first-order valence-corrected chi connectivity index (χ1v) is 11.0. The highest BCUT2D eigenvalue weighted by Gasteiger charge is 2.34. The van der Waals surface area contributed by atoms with Crippen molar-refractivity contribution >= 4 is 35.8 Å². The third-order valence-electron chi connectivity index (χ3n) is 5.99. The first-order chi connectivity index (χ1) is 15.4. The van der Waals surface area contributed by atoms with Gasteiger partial charge >= 0.3 is 0 Å². The normalized spacial score (nSPS) is 15.3. The average Bonchev–Trinajstić information content (AvgIpc) is 2.81. The molecule has 1 aliphatic heterocycles. The van der Waals surface area contributed by atoms with Crippen molar-refractivity contribution in [1.29, 1.82) is 0 Å². The Morgan fingerprint density at radius 3 is 2.52 bits per heavy atom. The van der Waals surface area contributed by atoms with Gasteiger partial charge in [0.05, 0.1) is 0 Å². The second kappa shape index (κ2) is 12.9. The summed E-state index contributed by atoms with van der Waals surface area (Å²) in [6, 6.07) is 14.6. The van der Waals surface area contributed by atoms with Gasteiger partial charge in [0.2, 0.25) is 0 Å². The predicted octanol–water partition coefficient (Wildman–Crippen LogP) is 3.60. The van der Waals surface area contributed by atoms with Crippen LogP contribution >= 0.6 is 24.0 Å². The second-order valence-corrected chi connectivity index (χ2v) is 8.41. The first-order valence-electron chi connectivity index (χ1n) is 11.0. The number of nitrogens with one attached hydrogen (secondary N) is 2. The van der Waals surface area contributed by atoms with Crippen LogP contribution in [0, 0.1) is 5.82 Å². The summed E-state index contributed by atoms with van der Waals surface area (Å²) >= 11 is 0. The minimum absolute atomic E-state index is 0. The highest BCUT2D eigenvalue weighted by molar-refractivity contribution is 14.0. The van der Waals surface area contributed by atoms with E-state index < -0.39 is 0 Å². The topological polar surface area (TPSA) is 66.0 Å². The van der Waals surface area contributed by atoms with Gasteiger partial charge in [-0.2, -0.15) is 0 Å². The number of nitrogens with zero attached hydrogens (tertiary/aromatic N) is 2. The fourth-order valence-electron chi connectivity index (χ4n) is 4.06. The summed E-state index contributed by atoms with van der Waals surface area (Å²) in [5.41, 5.74) is 2.57. The van der Waals surface area contributed by atoms with E-state index in [1.807, 2.05) is 30.3 Å². The van der Waals surface area contributed by atoms with Gasteiger partial charge in [-0.1, -0.05) is 24.3 Å². The monoisotopic (exact) mass is 568 g/mol. The lowest BCUT2D eigenvalue weighted by Crippen LogP contribution is -2.48. The molecular weight excluding hydrogens is 534 g/mol. The fraction of sp³-hybridized carbons (Fsp3) is 0.440. The third-order valence-corrected chi connectivity index (χ3v) is 5.99. The molecule has 0 atom stereocenters. The van der Waals surface area contributed by atoms with E-state index in [1.165, 1.54) is 6.07 Å². The van der Waals surface area contributed by atoms with Crippen LogP contribution in [0.5, 0.6) is 0 Å². The smallest absolute Gasteiger partial charge is 0.253 e. The number of ether oxygens (including phenoxy) is 1. The number of benzene rings is 2. The molecule has 0 aromatic heterocycles. The highest BCUT2D eigenvalue weighted by Crippen LogP contribution is 2.34. The van der Waals surface area contributed by atoms with E-state index in [0.29, 0.717) is 37.8 Å². The van der Waals surface area contributed by atoms with Crippen LogP contribution in [0.2, 0.25) is 0 Å². The van der Waals surface area contributed by atoms with Gasteiger partial charge < -0.3 is 20.3 Å². The Labute approximate surface area is 213 Å². The van der Waals surface area contributed by atoms with Crippen LogP contribution < -0.4 is 10.6 Å². The number of rotatable bonds is 7. The second-order valence-electron chi connectivity index (χ2n) is 8.41. The van der Waals surface area contributed by atoms with Gasteiger partial charge in [-0.25, -0.2) is 4.39 Å². The number of hydrogen-bond donors (Lipinski definition) is 2. The molecule has 2 N–H and O–H groups in total. The number of aliphatic imine (C=N–C) groups is 1. The van der Waals surface area contributed by atoms with E-state index in [-0.39, 0.29) is 41.1 Å². The molecular formula is C25H34FIN4O2. The van der Waals surface area contributed by atoms with Crippen LogP contribution in [0.3, 0.4) is 0 Å². The zero-order valence-electron chi connectivity index (χ0n) is 19.6. The van der Waals surface area contributed by atoms with Gasteiger partial charge in [-0.3, -0.25) is 9.79 Å². The summed E-state index contributed by atoms with van der Waals surface area (Å²) in [4.78, 5) is 18.1. The van der Waals surface area contributed by atoms with Gasteiger partial charge in [-0.15, -0.1) is 24.0 Å². The third kappa shape index (κ3) is 7.40. The number of guanidine groups is 1. The predicted molar refractivity (Wildman–Crippen MR) is 141 cm³/mol. The molecule has 6 nitrogen and oxygen atoms in total. The molecule has 33 heavy (non-hydrogen) atoms. The lowest BCUT2D eigenvalue weighted by atomic mass is 9.74. The van der Waals surface area contributed by atoms with Gasteiger partial charge in [0.25, 0.3) is 5.91 Å². The van der Waals surface area contributed by atoms with Crippen molar-refractivity contribution in [2.45, 2.75) is 24.7 Å². The maximum Gasteiger partial charge on any atom is 0.253 e. The van der Waals surface area contributed by atoms with Crippen molar-refractivity contribution in [3.63, 3.8) is 0 Å². The molecule has 3 rings (SSSR count). The van der Waals surface area contributed by atoms with E-state index in [9.17, 15) is 9.18 Å². The average molecular weight is 568 g/mol. The van der Waals surface area contributed by atoms with Crippen LogP contribution in [0.1, 0.15) is 34.3 Å². The number of amides is 1. The number of hydrogen-bond acceptors (Lipinski definition) is 3. The lowest BCUT2D eigenvalue weighted by Gasteiger charge is -2.38. The van der Waals surface area contributed by atoms with Crippen molar-refractivity contribution in [2.75, 3.05) is 47.4 Å². The summed E-state index contributed by atoms with van der Waals surface area (Å²) in [6.07, 6.45) is 2.42. The SMILES string of the molecule is CN=C(NCCc1cccc(C(=O)N(C)C)c1)NCC1(c2cccc(F)c2)CCOCC1.I. The maximum absolute atomic E-state index is 13.9. The Bertz CT molecular complexity index is 946. The van der Waals surface area contributed by atoms with Crippen LogP contribution in [0.25, 0.3) is 0 Å². The molecule has 2 aromatic rings. The first kappa shape index (κ1) is 27.0. The summed E-state index contributed by atoms with van der Waals surface area (Å²) in [5.74, 6) is 0.482. The summed E-state index contributed by atoms with van der Waals surface area (Å²) in [7, 11) is 5.24. The van der Waals surface area contributed by atoms with Crippen molar-refractivity contribution in [3.05, 3.63) is 71.0 Å². The van der Waals surface area contributed by atoms with Gasteiger partial charge in [-0.05, 0) is 54.7 Å². The van der Waals surface area contributed by atoms with Crippen LogP contribution in [-0.2, 0) is 16.6 Å². The van der Waals surface area contributed by atoms with Gasteiger partial charge in [0.15, 0.2) is 5.96 Å². The van der Waals surface area contributed by atoms with E-state index in [4.69, 9.17) is 4.74 Å². The minimum atomic E-state index is -0.217. The molecule has 0 unspecified atom stereocenters. The molecule has 0 bridgehead atoms. The van der Waals surface area contributed by atoms with Crippen molar-refractivity contribution in [1.82, 2.24) is 15.5 Å². The molecule has 0 aliphatic carbocycles. The largest absolute Gasteiger partial charge is 0.381 e. The number of carbonyl (C=O) groups excluding carboxylic acids is 1. The Hall–Kier alpha value is -2.20. The van der Waals surface area contributed by atoms with E-state index in [0.717, 1.165) is 30.4 Å². The quantitative estimate of drug-likeness (QED) is 0.305. The molecule has 8 heteroatoms. The van der Waals surface area contributed by atoms with Gasteiger partial charge in [0, 0.05) is 58.4 Å². The fourth-order valence-corrected chi connectivity index (χ4v) is 4.06. The minimum Gasteiger partial charge on any atom is -0.381 e. The number of halogens is 2. The molecule has 1 fully saturated rings. The van der Waals surface area contributed by atoms with Crippen LogP contribution in [-0.4, -0.2) is 64.2 Å². The Balaban J connectivity index is 0.00000385. The summed E-state index contributed by atoms with van der Waals surface area (Å²) < 4.78 is 19.5. The van der Waals surface area contributed by atoms with E-state index in [2.05, 4.69) is 15.6 Å². The molecule has 1 saturated heterocycles. The van der Waals surface area contributed by atoms with Crippen LogP contribution in [0.4, 0.5) is 4.39 Å². The van der Waals surface area contributed by atoms with E-state index in [1.54, 1.807) is 38.2 Å². The molecule has 0 spiro atoms. The van der Waals surface area contributed by atoms with Gasteiger partial charge in [0.1, 0.15) is 5.82 Å². The maximum atomic E-state index is 13.9. The zero-order chi connectivity index (χ0) is 23.0. The lowest BCUT2D eigenvalue weighted by molar-refractivity contribution is 0.0513. The van der Waals surface area contributed by atoms with Crippen molar-refractivity contribution < 1.29 is 13.9 Å². The Kier molecular flexibility index (Phi) is 10.6. The highest BCUT2D eigenvalue weighted by atomic mass is 127. The molecule has 1 heterocycles.